The number of fused-ring (bicyclic) bond motifs is 1. The highest BCUT2D eigenvalue weighted by Gasteiger charge is 2.12. The first kappa shape index (κ1) is 21.9. The number of hydrogen-bond acceptors (Lipinski definition) is 5. The molecule has 4 rings (SSSR count). The molecule has 0 aliphatic rings. The minimum absolute atomic E-state index is 0.448. The molecule has 0 fully saturated rings. The summed E-state index contributed by atoms with van der Waals surface area (Å²) in [6, 6.07) is 14.7. The van der Waals surface area contributed by atoms with Crippen molar-refractivity contribution in [3.05, 3.63) is 54.2 Å². The van der Waals surface area contributed by atoms with Crippen LogP contribution < -0.4 is 9.47 Å². The van der Waals surface area contributed by atoms with Crippen molar-refractivity contribution in [2.45, 2.75) is 52.5 Å². The van der Waals surface area contributed by atoms with Crippen LogP contribution in [-0.4, -0.2) is 38.4 Å². The molecule has 2 aromatic carbocycles. The summed E-state index contributed by atoms with van der Waals surface area (Å²) >= 11 is 0. The first-order chi connectivity index (χ1) is 15.7. The SMILES string of the molecule is CCCc1c(OCCCCOc2ccc(-c3nn[nH]n3)cc2)ccc2c1ccn2C(C)C. The van der Waals surface area contributed by atoms with Crippen LogP contribution in [-0.2, 0) is 6.42 Å². The number of nitrogens with one attached hydrogen (secondary N) is 1. The third-order valence-electron chi connectivity index (χ3n) is 5.55. The minimum Gasteiger partial charge on any atom is -0.494 e. The van der Waals surface area contributed by atoms with Gasteiger partial charge in [0.15, 0.2) is 0 Å². The van der Waals surface area contributed by atoms with E-state index in [0.717, 1.165) is 42.7 Å². The Labute approximate surface area is 188 Å². The van der Waals surface area contributed by atoms with Crippen LogP contribution in [0.1, 0.15) is 51.6 Å². The zero-order valence-corrected chi connectivity index (χ0v) is 19.0. The Kier molecular flexibility index (Phi) is 7.04. The molecule has 0 amide bonds. The summed E-state index contributed by atoms with van der Waals surface area (Å²) in [5.41, 5.74) is 3.51. The fraction of sp³-hybridized carbons (Fsp3) is 0.400. The van der Waals surface area contributed by atoms with E-state index in [2.05, 4.69) is 70.4 Å². The maximum Gasteiger partial charge on any atom is 0.204 e. The second-order valence-electron chi connectivity index (χ2n) is 8.21. The average molecular weight is 434 g/mol. The van der Waals surface area contributed by atoms with Gasteiger partial charge in [-0.25, -0.2) is 0 Å². The summed E-state index contributed by atoms with van der Waals surface area (Å²) in [6.45, 7) is 7.99. The third-order valence-corrected chi connectivity index (χ3v) is 5.55. The fourth-order valence-corrected chi connectivity index (χ4v) is 3.93. The fourth-order valence-electron chi connectivity index (χ4n) is 3.93. The summed E-state index contributed by atoms with van der Waals surface area (Å²) in [4.78, 5) is 0. The normalized spacial score (nSPS) is 11.4. The van der Waals surface area contributed by atoms with Crippen molar-refractivity contribution in [2.75, 3.05) is 13.2 Å². The molecular weight excluding hydrogens is 402 g/mol. The average Bonchev–Trinajstić information content (AvgIpc) is 3.48. The van der Waals surface area contributed by atoms with E-state index in [1.54, 1.807) is 0 Å². The maximum absolute atomic E-state index is 6.19. The molecule has 2 aromatic heterocycles. The summed E-state index contributed by atoms with van der Waals surface area (Å²) in [5, 5.41) is 15.3. The first-order valence-corrected chi connectivity index (χ1v) is 11.4. The lowest BCUT2D eigenvalue weighted by Crippen LogP contribution is -2.04. The van der Waals surface area contributed by atoms with Gasteiger partial charge in [0.1, 0.15) is 11.5 Å². The number of aromatic nitrogens is 5. The zero-order valence-electron chi connectivity index (χ0n) is 19.0. The highest BCUT2D eigenvalue weighted by atomic mass is 16.5. The Morgan fingerprint density at radius 2 is 1.75 bits per heavy atom. The summed E-state index contributed by atoms with van der Waals surface area (Å²) in [7, 11) is 0. The van der Waals surface area contributed by atoms with Crippen molar-refractivity contribution >= 4 is 10.9 Å². The van der Waals surface area contributed by atoms with Gasteiger partial charge < -0.3 is 14.0 Å². The monoisotopic (exact) mass is 433 g/mol. The van der Waals surface area contributed by atoms with E-state index in [1.165, 1.54) is 16.5 Å². The molecule has 0 saturated heterocycles. The number of H-pyrrole nitrogens is 1. The highest BCUT2D eigenvalue weighted by molar-refractivity contribution is 5.86. The van der Waals surface area contributed by atoms with Crippen molar-refractivity contribution in [1.29, 1.82) is 0 Å². The van der Waals surface area contributed by atoms with Gasteiger partial charge in [-0.3, -0.25) is 0 Å². The van der Waals surface area contributed by atoms with E-state index in [9.17, 15) is 0 Å². The molecule has 0 radical (unpaired) electrons. The molecule has 2 heterocycles. The second-order valence-corrected chi connectivity index (χ2v) is 8.21. The topological polar surface area (TPSA) is 77.8 Å². The van der Waals surface area contributed by atoms with E-state index in [-0.39, 0.29) is 0 Å². The predicted molar refractivity (Wildman–Crippen MR) is 126 cm³/mol. The zero-order chi connectivity index (χ0) is 22.3. The van der Waals surface area contributed by atoms with E-state index < -0.39 is 0 Å². The standard InChI is InChI=1S/C25H31N5O2/c1-4-7-22-21-14-15-30(18(2)3)23(21)12-13-24(22)32-17-6-5-16-31-20-10-8-19(9-11-20)25-26-28-29-27-25/h8-15,18H,4-7,16-17H2,1-3H3,(H,26,27,28,29). The third kappa shape index (κ3) is 4.93. The summed E-state index contributed by atoms with van der Waals surface area (Å²) in [6.07, 6.45) is 6.18. The van der Waals surface area contributed by atoms with Crippen molar-refractivity contribution in [3.8, 4) is 22.9 Å². The molecular formula is C25H31N5O2. The number of unbranched alkanes of at least 4 members (excludes halogenated alkanes) is 1. The lowest BCUT2D eigenvalue weighted by molar-refractivity contribution is 0.265. The van der Waals surface area contributed by atoms with Crippen LogP contribution in [0.5, 0.6) is 11.5 Å². The van der Waals surface area contributed by atoms with Crippen LogP contribution in [0.4, 0.5) is 0 Å². The van der Waals surface area contributed by atoms with Crippen LogP contribution in [0.3, 0.4) is 0 Å². The largest absolute Gasteiger partial charge is 0.494 e. The minimum atomic E-state index is 0.448. The Hall–Kier alpha value is -3.35. The van der Waals surface area contributed by atoms with Crippen LogP contribution in [0.25, 0.3) is 22.3 Å². The van der Waals surface area contributed by atoms with Gasteiger partial charge in [-0.1, -0.05) is 13.3 Å². The number of nitrogens with zero attached hydrogens (tertiary/aromatic N) is 4. The van der Waals surface area contributed by atoms with Gasteiger partial charge in [0.05, 0.1) is 13.2 Å². The van der Waals surface area contributed by atoms with Crippen LogP contribution >= 0.6 is 0 Å². The summed E-state index contributed by atoms with van der Waals surface area (Å²) < 4.78 is 14.4. The van der Waals surface area contributed by atoms with Gasteiger partial charge in [-0.05, 0) is 80.8 Å². The molecule has 0 spiro atoms. The first-order valence-electron chi connectivity index (χ1n) is 11.4. The van der Waals surface area contributed by atoms with Gasteiger partial charge >= 0.3 is 0 Å². The Balaban J connectivity index is 1.27. The molecule has 32 heavy (non-hydrogen) atoms. The van der Waals surface area contributed by atoms with Crippen molar-refractivity contribution in [1.82, 2.24) is 25.2 Å². The maximum atomic E-state index is 6.19. The molecule has 7 heteroatoms. The predicted octanol–water partition coefficient (Wildman–Crippen LogP) is 5.59. The molecule has 0 unspecified atom stereocenters. The molecule has 1 N–H and O–H groups in total. The lowest BCUT2D eigenvalue weighted by atomic mass is 10.0. The highest BCUT2D eigenvalue weighted by Crippen LogP contribution is 2.31. The number of ether oxygens (including phenoxy) is 2. The smallest absolute Gasteiger partial charge is 0.204 e. The summed E-state index contributed by atoms with van der Waals surface area (Å²) in [5.74, 6) is 2.43. The molecule has 0 aliphatic carbocycles. The second kappa shape index (κ2) is 10.3. The number of aromatic amines is 1. The Bertz CT molecular complexity index is 1120. The van der Waals surface area contributed by atoms with Crippen molar-refractivity contribution < 1.29 is 9.47 Å². The van der Waals surface area contributed by atoms with Gasteiger partial charge in [0, 0.05) is 34.3 Å². The number of rotatable bonds is 11. The van der Waals surface area contributed by atoms with E-state index in [4.69, 9.17) is 9.47 Å². The van der Waals surface area contributed by atoms with Crippen molar-refractivity contribution in [2.24, 2.45) is 0 Å². The van der Waals surface area contributed by atoms with Crippen LogP contribution in [0.15, 0.2) is 48.7 Å². The molecule has 7 nitrogen and oxygen atoms in total. The van der Waals surface area contributed by atoms with Crippen LogP contribution in [0.2, 0.25) is 0 Å². The van der Waals surface area contributed by atoms with Gasteiger partial charge in [0.25, 0.3) is 0 Å². The van der Waals surface area contributed by atoms with Gasteiger partial charge in [-0.2, -0.15) is 5.21 Å². The molecule has 0 saturated carbocycles. The Morgan fingerprint density at radius 3 is 2.44 bits per heavy atom. The van der Waals surface area contributed by atoms with E-state index >= 15 is 0 Å². The Morgan fingerprint density at radius 1 is 0.969 bits per heavy atom. The number of tetrazole rings is 1. The van der Waals surface area contributed by atoms with Gasteiger partial charge in [0.2, 0.25) is 5.82 Å². The molecule has 4 aromatic rings. The molecule has 0 aliphatic heterocycles. The van der Waals surface area contributed by atoms with E-state index in [0.29, 0.717) is 25.1 Å². The molecule has 0 atom stereocenters. The lowest BCUT2D eigenvalue weighted by Gasteiger charge is -2.15. The number of hydrogen-bond donors (Lipinski definition) is 1. The van der Waals surface area contributed by atoms with E-state index in [1.807, 2.05) is 24.3 Å². The number of benzene rings is 2. The molecule has 168 valence electrons. The molecule has 0 bridgehead atoms. The quantitative estimate of drug-likeness (QED) is 0.312. The van der Waals surface area contributed by atoms with Crippen LogP contribution in [0, 0.1) is 0 Å². The van der Waals surface area contributed by atoms with Gasteiger partial charge in [-0.15, -0.1) is 10.2 Å². The number of aryl methyl sites for hydroxylation is 1. The van der Waals surface area contributed by atoms with Crippen molar-refractivity contribution in [3.63, 3.8) is 0 Å².